The van der Waals surface area contributed by atoms with Crippen molar-refractivity contribution in [2.24, 2.45) is 5.16 Å². The van der Waals surface area contributed by atoms with Gasteiger partial charge in [0, 0.05) is 7.11 Å². The summed E-state index contributed by atoms with van der Waals surface area (Å²) in [7, 11) is 1.58. The van der Waals surface area contributed by atoms with Crippen LogP contribution in [-0.2, 0) is 4.74 Å². The molecule has 0 atom stereocenters. The second kappa shape index (κ2) is 6.15. The zero-order chi connectivity index (χ0) is 11.1. The monoisotopic (exact) mass is 231 g/mol. The van der Waals surface area contributed by atoms with Crippen LogP contribution in [0.3, 0.4) is 0 Å². The van der Waals surface area contributed by atoms with Crippen molar-refractivity contribution in [2.45, 2.75) is 0 Å². The molecule has 0 bridgehead atoms. The van der Waals surface area contributed by atoms with E-state index in [0.717, 1.165) is 0 Å². The summed E-state index contributed by atoms with van der Waals surface area (Å²) in [5, 5.41) is 11.0. The summed E-state index contributed by atoms with van der Waals surface area (Å²) in [6, 6.07) is 0. The lowest BCUT2D eigenvalue weighted by atomic mass is 10.5. The molecule has 7 heteroatoms. The molecular weight excluding hydrogens is 222 g/mol. The van der Waals surface area contributed by atoms with Gasteiger partial charge in [0.1, 0.15) is 12.3 Å². The van der Waals surface area contributed by atoms with Crippen molar-refractivity contribution in [3.8, 4) is 5.88 Å². The Hall–Kier alpha value is -1.40. The number of rotatable bonds is 5. The first-order chi connectivity index (χ1) is 7.27. The SMILES string of the molecule is COCCOc1cnc(/C(Cl)=N\O)cn1. The van der Waals surface area contributed by atoms with Crippen LogP contribution in [0.1, 0.15) is 5.69 Å². The van der Waals surface area contributed by atoms with Gasteiger partial charge in [-0.15, -0.1) is 0 Å². The minimum absolute atomic E-state index is 0.119. The van der Waals surface area contributed by atoms with Crippen LogP contribution < -0.4 is 4.74 Å². The number of ether oxygens (including phenoxy) is 2. The number of methoxy groups -OCH3 is 1. The third-order valence-electron chi connectivity index (χ3n) is 1.46. The lowest BCUT2D eigenvalue weighted by molar-refractivity contribution is 0.143. The van der Waals surface area contributed by atoms with E-state index < -0.39 is 0 Å². The number of oxime groups is 1. The number of hydrogen-bond donors (Lipinski definition) is 1. The minimum atomic E-state index is -0.119. The van der Waals surface area contributed by atoms with Crippen molar-refractivity contribution in [1.29, 1.82) is 0 Å². The fourth-order valence-corrected chi connectivity index (χ4v) is 0.876. The first-order valence-corrected chi connectivity index (χ1v) is 4.47. The van der Waals surface area contributed by atoms with Crippen LogP contribution in [-0.4, -0.2) is 40.7 Å². The van der Waals surface area contributed by atoms with Crippen LogP contribution in [0, 0.1) is 0 Å². The summed E-state index contributed by atoms with van der Waals surface area (Å²) in [5.74, 6) is 0.359. The fraction of sp³-hybridized carbons (Fsp3) is 0.375. The van der Waals surface area contributed by atoms with E-state index in [0.29, 0.717) is 19.1 Å². The third kappa shape index (κ3) is 3.69. The maximum Gasteiger partial charge on any atom is 0.232 e. The number of halogens is 1. The van der Waals surface area contributed by atoms with Crippen LogP contribution in [0.2, 0.25) is 0 Å². The molecule has 1 heterocycles. The summed E-state index contributed by atoms with van der Waals surface area (Å²) >= 11 is 5.51. The van der Waals surface area contributed by atoms with Gasteiger partial charge in [0.25, 0.3) is 0 Å². The van der Waals surface area contributed by atoms with Crippen molar-refractivity contribution in [3.63, 3.8) is 0 Å². The van der Waals surface area contributed by atoms with E-state index >= 15 is 0 Å². The normalized spacial score (nSPS) is 11.5. The van der Waals surface area contributed by atoms with Gasteiger partial charge in [-0.05, 0) is 0 Å². The molecular formula is C8H10ClN3O3. The van der Waals surface area contributed by atoms with E-state index in [1.807, 2.05) is 0 Å². The minimum Gasteiger partial charge on any atom is -0.474 e. The van der Waals surface area contributed by atoms with Crippen LogP contribution in [0.5, 0.6) is 5.88 Å². The average Bonchev–Trinajstić information content (AvgIpc) is 2.29. The molecule has 1 rings (SSSR count). The maximum absolute atomic E-state index is 8.37. The average molecular weight is 232 g/mol. The molecule has 1 aromatic heterocycles. The molecule has 82 valence electrons. The molecule has 15 heavy (non-hydrogen) atoms. The molecule has 0 spiro atoms. The molecule has 0 saturated heterocycles. The van der Waals surface area contributed by atoms with Gasteiger partial charge in [-0.3, -0.25) is 0 Å². The van der Waals surface area contributed by atoms with Gasteiger partial charge < -0.3 is 14.7 Å². The van der Waals surface area contributed by atoms with Crippen LogP contribution in [0.4, 0.5) is 0 Å². The topological polar surface area (TPSA) is 76.8 Å². The predicted octanol–water partition coefficient (Wildman–Crippen LogP) is 0.876. The van der Waals surface area contributed by atoms with Crippen LogP contribution >= 0.6 is 11.6 Å². The lowest BCUT2D eigenvalue weighted by Crippen LogP contribution is -2.06. The zero-order valence-corrected chi connectivity index (χ0v) is 8.81. The number of nitrogens with zero attached hydrogens (tertiary/aromatic N) is 3. The molecule has 0 aliphatic heterocycles. The number of aromatic nitrogens is 2. The molecule has 0 aliphatic carbocycles. The standard InChI is InChI=1S/C8H10ClN3O3/c1-14-2-3-15-7-5-10-6(4-11-7)8(9)12-13/h4-5,13H,2-3H2,1H3/b12-8+. The van der Waals surface area contributed by atoms with E-state index in [9.17, 15) is 0 Å². The van der Waals surface area contributed by atoms with E-state index in [-0.39, 0.29) is 10.9 Å². The molecule has 1 N–H and O–H groups in total. The first kappa shape index (κ1) is 11.7. The van der Waals surface area contributed by atoms with E-state index in [2.05, 4.69) is 15.1 Å². The molecule has 0 amide bonds. The summed E-state index contributed by atoms with van der Waals surface area (Å²) in [6.07, 6.45) is 2.74. The smallest absolute Gasteiger partial charge is 0.232 e. The molecule has 1 aromatic rings. The number of hydrogen-bond acceptors (Lipinski definition) is 6. The Bertz CT molecular complexity index is 328. The summed E-state index contributed by atoms with van der Waals surface area (Å²) in [5.41, 5.74) is 0.276. The highest BCUT2D eigenvalue weighted by molar-refractivity contribution is 6.69. The molecule has 0 radical (unpaired) electrons. The molecule has 6 nitrogen and oxygen atoms in total. The second-order valence-electron chi connectivity index (χ2n) is 2.47. The Balaban J connectivity index is 2.56. The highest BCUT2D eigenvalue weighted by atomic mass is 35.5. The summed E-state index contributed by atoms with van der Waals surface area (Å²) in [6.45, 7) is 0.870. The van der Waals surface area contributed by atoms with Crippen molar-refractivity contribution in [2.75, 3.05) is 20.3 Å². The van der Waals surface area contributed by atoms with Gasteiger partial charge in [0.05, 0.1) is 19.0 Å². The van der Waals surface area contributed by atoms with Gasteiger partial charge >= 0.3 is 0 Å². The predicted molar refractivity (Wildman–Crippen MR) is 53.6 cm³/mol. The Morgan fingerprint density at radius 1 is 1.47 bits per heavy atom. The molecule has 0 fully saturated rings. The zero-order valence-electron chi connectivity index (χ0n) is 8.05. The van der Waals surface area contributed by atoms with Crippen LogP contribution in [0.25, 0.3) is 0 Å². The Kier molecular flexibility index (Phi) is 4.79. The molecule has 0 aromatic carbocycles. The highest BCUT2D eigenvalue weighted by Crippen LogP contribution is 2.06. The molecule has 0 saturated carbocycles. The maximum atomic E-state index is 8.37. The van der Waals surface area contributed by atoms with Crippen molar-refractivity contribution < 1.29 is 14.7 Å². The van der Waals surface area contributed by atoms with Crippen molar-refractivity contribution >= 4 is 16.8 Å². The largest absolute Gasteiger partial charge is 0.474 e. The first-order valence-electron chi connectivity index (χ1n) is 4.09. The van der Waals surface area contributed by atoms with Crippen molar-refractivity contribution in [3.05, 3.63) is 18.1 Å². The fourth-order valence-electron chi connectivity index (χ4n) is 0.778. The quantitative estimate of drug-likeness (QED) is 0.352. The van der Waals surface area contributed by atoms with Gasteiger partial charge in [0.15, 0.2) is 5.17 Å². The summed E-state index contributed by atoms with van der Waals surface area (Å²) in [4.78, 5) is 7.78. The highest BCUT2D eigenvalue weighted by Gasteiger charge is 2.03. The van der Waals surface area contributed by atoms with Gasteiger partial charge in [-0.25, -0.2) is 9.97 Å². The Morgan fingerprint density at radius 2 is 2.27 bits per heavy atom. The van der Waals surface area contributed by atoms with E-state index in [1.165, 1.54) is 12.4 Å². The third-order valence-corrected chi connectivity index (χ3v) is 1.73. The van der Waals surface area contributed by atoms with Gasteiger partial charge in [0.2, 0.25) is 5.88 Å². The Labute approximate surface area is 91.5 Å². The van der Waals surface area contributed by atoms with Gasteiger partial charge in [-0.1, -0.05) is 16.8 Å². The second-order valence-corrected chi connectivity index (χ2v) is 2.83. The van der Waals surface area contributed by atoms with E-state index in [4.69, 9.17) is 26.3 Å². The molecule has 0 aliphatic rings. The lowest BCUT2D eigenvalue weighted by Gasteiger charge is -2.03. The Morgan fingerprint density at radius 3 is 2.80 bits per heavy atom. The van der Waals surface area contributed by atoms with Crippen LogP contribution in [0.15, 0.2) is 17.5 Å². The van der Waals surface area contributed by atoms with E-state index in [1.54, 1.807) is 7.11 Å². The molecule has 0 unspecified atom stereocenters. The van der Waals surface area contributed by atoms with Gasteiger partial charge in [-0.2, -0.15) is 0 Å². The summed E-state index contributed by atoms with van der Waals surface area (Å²) < 4.78 is 9.97. The van der Waals surface area contributed by atoms with Crippen molar-refractivity contribution in [1.82, 2.24) is 9.97 Å².